The highest BCUT2D eigenvalue weighted by Gasteiger charge is 2.30. The highest BCUT2D eigenvalue weighted by atomic mass is 32.1. The van der Waals surface area contributed by atoms with Crippen molar-refractivity contribution in [1.82, 2.24) is 10.3 Å². The number of carbonyl (C=O) groups excluding carboxylic acids is 1. The summed E-state index contributed by atoms with van der Waals surface area (Å²) in [5.74, 6) is -0.540. The van der Waals surface area contributed by atoms with E-state index in [0.29, 0.717) is 0 Å². The third-order valence-electron chi connectivity index (χ3n) is 2.54. The molecule has 0 unspecified atom stereocenters. The number of amides is 1. The van der Waals surface area contributed by atoms with Gasteiger partial charge in [0.05, 0.1) is 17.1 Å². The average molecular weight is 300 g/mol. The summed E-state index contributed by atoms with van der Waals surface area (Å²) in [4.78, 5) is 16.7. The van der Waals surface area contributed by atoms with Crippen LogP contribution < -0.4 is 5.32 Å². The molecule has 0 saturated heterocycles. The predicted octanol–water partition coefficient (Wildman–Crippen LogP) is 3.40. The molecule has 0 spiro atoms. The lowest BCUT2D eigenvalue weighted by Gasteiger charge is -2.08. The molecule has 0 fully saturated rings. The van der Waals surface area contributed by atoms with Gasteiger partial charge in [0, 0.05) is 16.6 Å². The first-order valence-corrected chi connectivity index (χ1v) is 6.54. The summed E-state index contributed by atoms with van der Waals surface area (Å²) in [5, 5.41) is 3.44. The van der Waals surface area contributed by atoms with Crippen molar-refractivity contribution >= 4 is 17.2 Å². The van der Waals surface area contributed by atoms with Crippen LogP contribution in [0, 0.1) is 6.92 Å². The minimum absolute atomic E-state index is 0.0129. The lowest BCUT2D eigenvalue weighted by Crippen LogP contribution is -2.22. The number of rotatable bonds is 3. The van der Waals surface area contributed by atoms with Crippen molar-refractivity contribution < 1.29 is 18.0 Å². The lowest BCUT2D eigenvalue weighted by atomic mass is 10.1. The highest BCUT2D eigenvalue weighted by molar-refractivity contribution is 7.11. The van der Waals surface area contributed by atoms with Crippen molar-refractivity contribution in [1.29, 1.82) is 0 Å². The van der Waals surface area contributed by atoms with Crippen LogP contribution >= 0.6 is 11.3 Å². The summed E-state index contributed by atoms with van der Waals surface area (Å²) in [6.45, 7) is 2.09. The van der Waals surface area contributed by atoms with Gasteiger partial charge in [0.15, 0.2) is 0 Å². The van der Waals surface area contributed by atoms with E-state index >= 15 is 0 Å². The van der Waals surface area contributed by atoms with E-state index in [2.05, 4.69) is 10.3 Å². The van der Waals surface area contributed by atoms with Gasteiger partial charge in [-0.1, -0.05) is 6.07 Å². The van der Waals surface area contributed by atoms with Crippen LogP contribution in [0.15, 0.2) is 30.5 Å². The largest absolute Gasteiger partial charge is 0.416 e. The molecule has 0 aliphatic heterocycles. The average Bonchev–Trinajstić information content (AvgIpc) is 2.81. The van der Waals surface area contributed by atoms with Crippen molar-refractivity contribution in [3.63, 3.8) is 0 Å². The molecule has 1 aromatic carbocycles. The van der Waals surface area contributed by atoms with E-state index in [9.17, 15) is 18.0 Å². The minimum atomic E-state index is -4.45. The number of hydrogen-bond donors (Lipinski definition) is 1. The van der Waals surface area contributed by atoms with E-state index in [0.717, 1.165) is 22.0 Å². The molecule has 3 nitrogen and oxygen atoms in total. The summed E-state index contributed by atoms with van der Waals surface area (Å²) in [7, 11) is 0. The van der Waals surface area contributed by atoms with Crippen LogP contribution in [0.5, 0.6) is 0 Å². The van der Waals surface area contributed by atoms with E-state index < -0.39 is 17.6 Å². The molecule has 1 amide bonds. The molecule has 0 bridgehead atoms. The first-order valence-electron chi connectivity index (χ1n) is 5.73. The molecule has 20 heavy (non-hydrogen) atoms. The molecule has 1 N–H and O–H groups in total. The maximum Gasteiger partial charge on any atom is 0.416 e. The zero-order valence-electron chi connectivity index (χ0n) is 10.5. The third kappa shape index (κ3) is 3.57. The molecule has 0 atom stereocenters. The predicted molar refractivity (Wildman–Crippen MR) is 69.5 cm³/mol. The number of nitrogens with zero attached hydrogens (tertiary/aromatic N) is 1. The number of thiazole rings is 1. The number of hydrogen-bond acceptors (Lipinski definition) is 3. The molecule has 0 aliphatic rings. The Hall–Kier alpha value is -1.89. The molecular weight excluding hydrogens is 289 g/mol. The normalized spacial score (nSPS) is 11.4. The van der Waals surface area contributed by atoms with Gasteiger partial charge in [0.1, 0.15) is 0 Å². The Morgan fingerprint density at radius 1 is 1.40 bits per heavy atom. The second-order valence-corrected chi connectivity index (χ2v) is 5.43. The molecule has 1 heterocycles. The fourth-order valence-electron chi connectivity index (χ4n) is 1.59. The molecule has 2 aromatic rings. The Labute approximate surface area is 117 Å². The monoisotopic (exact) mass is 300 g/mol. The Kier molecular flexibility index (Phi) is 4.08. The maximum atomic E-state index is 12.5. The zero-order valence-corrected chi connectivity index (χ0v) is 11.3. The van der Waals surface area contributed by atoms with E-state index in [-0.39, 0.29) is 12.1 Å². The molecule has 7 heteroatoms. The van der Waals surface area contributed by atoms with Crippen LogP contribution in [0.3, 0.4) is 0 Å². The molecular formula is C13H11F3N2OS. The van der Waals surface area contributed by atoms with Crippen LogP contribution in [0.2, 0.25) is 0 Å². The topological polar surface area (TPSA) is 42.0 Å². The molecule has 106 valence electrons. The maximum absolute atomic E-state index is 12.5. The van der Waals surface area contributed by atoms with Crippen LogP contribution in [-0.2, 0) is 12.7 Å². The second kappa shape index (κ2) is 5.62. The summed E-state index contributed by atoms with van der Waals surface area (Å²) < 4.78 is 37.6. The van der Waals surface area contributed by atoms with Gasteiger partial charge in [-0.15, -0.1) is 11.3 Å². The number of benzene rings is 1. The molecule has 0 saturated carbocycles. The SMILES string of the molecule is Cc1ncc(CNC(=O)c2cccc(C(F)(F)F)c2)s1. The Morgan fingerprint density at radius 3 is 2.75 bits per heavy atom. The number of alkyl halides is 3. The second-order valence-electron chi connectivity index (χ2n) is 4.11. The fourth-order valence-corrected chi connectivity index (χ4v) is 2.33. The molecule has 0 aliphatic carbocycles. The standard InChI is InChI=1S/C13H11F3N2OS/c1-8-17-6-11(20-8)7-18-12(19)9-3-2-4-10(5-9)13(14,15)16/h2-6H,7H2,1H3,(H,18,19). The minimum Gasteiger partial charge on any atom is -0.347 e. The highest BCUT2D eigenvalue weighted by Crippen LogP contribution is 2.29. The summed E-state index contributed by atoms with van der Waals surface area (Å²) in [6, 6.07) is 4.34. The third-order valence-corrected chi connectivity index (χ3v) is 3.46. The van der Waals surface area contributed by atoms with Crippen molar-refractivity contribution in [3.05, 3.63) is 51.5 Å². The quantitative estimate of drug-likeness (QED) is 0.944. The van der Waals surface area contributed by atoms with Gasteiger partial charge in [-0.25, -0.2) is 4.98 Å². The number of halogens is 3. The Morgan fingerprint density at radius 2 is 2.15 bits per heavy atom. The van der Waals surface area contributed by atoms with Gasteiger partial charge in [-0.3, -0.25) is 4.79 Å². The van der Waals surface area contributed by atoms with Crippen LogP contribution in [0.1, 0.15) is 25.8 Å². The van der Waals surface area contributed by atoms with Crippen molar-refractivity contribution in [2.45, 2.75) is 19.6 Å². The molecule has 2 rings (SSSR count). The summed E-state index contributed by atoms with van der Waals surface area (Å²) >= 11 is 1.43. The smallest absolute Gasteiger partial charge is 0.347 e. The number of aromatic nitrogens is 1. The Balaban J connectivity index is 2.06. The van der Waals surface area contributed by atoms with E-state index in [4.69, 9.17) is 0 Å². The van der Waals surface area contributed by atoms with Crippen molar-refractivity contribution in [2.24, 2.45) is 0 Å². The van der Waals surface area contributed by atoms with Crippen LogP contribution in [0.25, 0.3) is 0 Å². The van der Waals surface area contributed by atoms with Crippen molar-refractivity contribution in [3.8, 4) is 0 Å². The van der Waals surface area contributed by atoms with Gasteiger partial charge in [0.25, 0.3) is 5.91 Å². The number of aryl methyl sites for hydroxylation is 1. The first-order chi connectivity index (χ1) is 9.36. The molecule has 1 aromatic heterocycles. The first kappa shape index (κ1) is 14.5. The van der Waals surface area contributed by atoms with E-state index in [1.165, 1.54) is 23.5 Å². The van der Waals surface area contributed by atoms with Gasteiger partial charge in [-0.05, 0) is 25.1 Å². The van der Waals surface area contributed by atoms with E-state index in [1.54, 1.807) is 6.20 Å². The zero-order chi connectivity index (χ0) is 14.8. The summed E-state index contributed by atoms with van der Waals surface area (Å²) in [6.07, 6.45) is -2.82. The number of nitrogens with one attached hydrogen (secondary N) is 1. The lowest BCUT2D eigenvalue weighted by molar-refractivity contribution is -0.137. The van der Waals surface area contributed by atoms with Crippen LogP contribution in [0.4, 0.5) is 13.2 Å². The van der Waals surface area contributed by atoms with Crippen LogP contribution in [-0.4, -0.2) is 10.9 Å². The van der Waals surface area contributed by atoms with Gasteiger partial charge in [0.2, 0.25) is 0 Å². The fraction of sp³-hybridized carbons (Fsp3) is 0.231. The van der Waals surface area contributed by atoms with Gasteiger partial charge < -0.3 is 5.32 Å². The molecule has 0 radical (unpaired) electrons. The number of carbonyl (C=O) groups is 1. The van der Waals surface area contributed by atoms with Crippen molar-refractivity contribution in [2.75, 3.05) is 0 Å². The Bertz CT molecular complexity index is 622. The summed E-state index contributed by atoms with van der Waals surface area (Å²) in [5.41, 5.74) is -0.847. The van der Waals surface area contributed by atoms with Gasteiger partial charge in [-0.2, -0.15) is 13.2 Å². The van der Waals surface area contributed by atoms with Gasteiger partial charge >= 0.3 is 6.18 Å². The van der Waals surface area contributed by atoms with E-state index in [1.807, 2.05) is 6.92 Å².